The fourth-order valence-electron chi connectivity index (χ4n) is 3.78. The maximum atomic E-state index is 13.4. The van der Waals surface area contributed by atoms with Crippen molar-refractivity contribution >= 4 is 11.8 Å². The molecular formula is C27H38N2O4. The first-order valence-corrected chi connectivity index (χ1v) is 11.6. The first kappa shape index (κ1) is 26.2. The van der Waals surface area contributed by atoms with Gasteiger partial charge in [-0.3, -0.25) is 9.59 Å². The molecule has 0 radical (unpaired) electrons. The zero-order chi connectivity index (χ0) is 24.4. The first-order valence-electron chi connectivity index (χ1n) is 11.6. The average Bonchev–Trinajstić information content (AvgIpc) is 2.80. The molecular weight excluding hydrogens is 416 g/mol. The summed E-state index contributed by atoms with van der Waals surface area (Å²) in [6.07, 6.45) is 1.40. The predicted molar refractivity (Wildman–Crippen MR) is 132 cm³/mol. The molecule has 1 N–H and O–H groups in total. The number of rotatable bonds is 12. The summed E-state index contributed by atoms with van der Waals surface area (Å²) in [6.45, 7) is 9.08. The van der Waals surface area contributed by atoms with E-state index in [4.69, 9.17) is 9.47 Å². The fraction of sp³-hybridized carbons (Fsp3) is 0.481. The van der Waals surface area contributed by atoms with Crippen LogP contribution in [0.25, 0.3) is 0 Å². The minimum absolute atomic E-state index is 0.0437. The minimum Gasteiger partial charge on any atom is -0.493 e. The molecule has 2 aromatic carbocycles. The van der Waals surface area contributed by atoms with E-state index in [0.717, 1.165) is 16.7 Å². The second kappa shape index (κ2) is 12.9. The molecule has 1 atom stereocenters. The maximum absolute atomic E-state index is 13.4. The third kappa shape index (κ3) is 7.81. The van der Waals surface area contributed by atoms with Crippen LogP contribution in [-0.2, 0) is 22.6 Å². The number of ether oxygens (including phenoxy) is 2. The van der Waals surface area contributed by atoms with Gasteiger partial charge in [-0.05, 0) is 48.9 Å². The summed E-state index contributed by atoms with van der Waals surface area (Å²) in [7, 11) is 3.19. The number of nitrogens with one attached hydrogen (secondary N) is 1. The Morgan fingerprint density at radius 2 is 1.73 bits per heavy atom. The molecule has 0 aliphatic rings. The Bertz CT molecular complexity index is 926. The topological polar surface area (TPSA) is 67.9 Å². The van der Waals surface area contributed by atoms with Gasteiger partial charge in [0.25, 0.3) is 0 Å². The van der Waals surface area contributed by atoms with Gasteiger partial charge in [-0.2, -0.15) is 0 Å². The molecule has 0 bridgehead atoms. The van der Waals surface area contributed by atoms with E-state index >= 15 is 0 Å². The second-order valence-corrected chi connectivity index (χ2v) is 8.76. The highest BCUT2D eigenvalue weighted by atomic mass is 16.5. The van der Waals surface area contributed by atoms with E-state index < -0.39 is 6.04 Å². The highest BCUT2D eigenvalue weighted by molar-refractivity contribution is 5.87. The molecule has 0 fully saturated rings. The van der Waals surface area contributed by atoms with Gasteiger partial charge in [0.2, 0.25) is 11.8 Å². The van der Waals surface area contributed by atoms with E-state index in [0.29, 0.717) is 49.8 Å². The van der Waals surface area contributed by atoms with Gasteiger partial charge in [-0.25, -0.2) is 0 Å². The summed E-state index contributed by atoms with van der Waals surface area (Å²) in [6, 6.07) is 13.2. The first-order chi connectivity index (χ1) is 15.8. The van der Waals surface area contributed by atoms with E-state index in [1.807, 2.05) is 50.2 Å². The second-order valence-electron chi connectivity index (χ2n) is 8.76. The molecule has 0 aliphatic carbocycles. The molecule has 6 heteroatoms. The van der Waals surface area contributed by atoms with Crippen molar-refractivity contribution in [3.05, 3.63) is 59.2 Å². The van der Waals surface area contributed by atoms with E-state index in [9.17, 15) is 9.59 Å². The van der Waals surface area contributed by atoms with Gasteiger partial charge in [0, 0.05) is 19.5 Å². The summed E-state index contributed by atoms with van der Waals surface area (Å²) in [5, 5.41) is 3.00. The lowest BCUT2D eigenvalue weighted by Gasteiger charge is -2.31. The maximum Gasteiger partial charge on any atom is 0.242 e. The van der Waals surface area contributed by atoms with Gasteiger partial charge < -0.3 is 19.7 Å². The highest BCUT2D eigenvalue weighted by Gasteiger charge is 2.28. The molecule has 0 aromatic heterocycles. The van der Waals surface area contributed by atoms with Gasteiger partial charge in [-0.1, -0.05) is 56.7 Å². The number of hydrogen-bond donors (Lipinski definition) is 1. The molecule has 6 nitrogen and oxygen atoms in total. The van der Waals surface area contributed by atoms with Crippen LogP contribution in [0.4, 0.5) is 0 Å². The van der Waals surface area contributed by atoms with Crippen molar-refractivity contribution < 1.29 is 19.1 Å². The summed E-state index contributed by atoms with van der Waals surface area (Å²) >= 11 is 0. The van der Waals surface area contributed by atoms with Crippen LogP contribution in [0.15, 0.2) is 42.5 Å². The Hall–Kier alpha value is -3.02. The van der Waals surface area contributed by atoms with Crippen molar-refractivity contribution in [2.24, 2.45) is 5.92 Å². The van der Waals surface area contributed by atoms with Crippen molar-refractivity contribution in [1.82, 2.24) is 10.2 Å². The quantitative estimate of drug-likeness (QED) is 0.512. The molecule has 2 aromatic rings. The third-order valence-electron chi connectivity index (χ3n) is 5.58. The smallest absolute Gasteiger partial charge is 0.242 e. The minimum atomic E-state index is -0.512. The molecule has 2 rings (SSSR count). The molecule has 0 saturated carbocycles. The Morgan fingerprint density at radius 1 is 1.00 bits per heavy atom. The van der Waals surface area contributed by atoms with Crippen molar-refractivity contribution in [2.75, 3.05) is 20.8 Å². The SMILES string of the molecule is CC[C@H](C(=O)NCC(C)C)N(Cc1cccc(C)c1)C(=O)CCc1ccc(OC)c(OC)c1. The predicted octanol–water partition coefficient (Wildman–Crippen LogP) is 4.52. The van der Waals surface area contributed by atoms with E-state index in [1.165, 1.54) is 0 Å². The number of carbonyl (C=O) groups excluding carboxylic acids is 2. The fourth-order valence-corrected chi connectivity index (χ4v) is 3.78. The van der Waals surface area contributed by atoms with Crippen molar-refractivity contribution in [2.45, 2.75) is 59.5 Å². The Balaban J connectivity index is 2.22. The molecule has 0 unspecified atom stereocenters. The van der Waals surface area contributed by atoms with Crippen molar-refractivity contribution in [3.63, 3.8) is 0 Å². The van der Waals surface area contributed by atoms with Crippen LogP contribution >= 0.6 is 0 Å². The molecule has 0 spiro atoms. The molecule has 2 amide bonds. The lowest BCUT2D eigenvalue weighted by atomic mass is 10.0. The van der Waals surface area contributed by atoms with Crippen LogP contribution in [0.1, 0.15) is 50.3 Å². The van der Waals surface area contributed by atoms with E-state index in [1.54, 1.807) is 19.1 Å². The number of aryl methyl sites for hydroxylation is 2. The van der Waals surface area contributed by atoms with Crippen molar-refractivity contribution in [1.29, 1.82) is 0 Å². The van der Waals surface area contributed by atoms with Gasteiger partial charge in [-0.15, -0.1) is 0 Å². The molecule has 33 heavy (non-hydrogen) atoms. The standard InChI is InChI=1S/C27H38N2O4/c1-7-23(27(31)28-17-19(2)3)29(18-22-10-8-9-20(4)15-22)26(30)14-12-21-11-13-24(32-5)25(16-21)33-6/h8-11,13,15-16,19,23H,7,12,14,17-18H2,1-6H3,(H,28,31)/t23-/m1/s1. The van der Waals surface area contributed by atoms with E-state index in [-0.39, 0.29) is 11.8 Å². The van der Waals surface area contributed by atoms with Crippen LogP contribution in [0.3, 0.4) is 0 Å². The molecule has 0 saturated heterocycles. The molecule has 0 heterocycles. The normalized spacial score (nSPS) is 11.7. The molecule has 180 valence electrons. The summed E-state index contributed by atoms with van der Waals surface area (Å²) in [5.74, 6) is 1.49. The van der Waals surface area contributed by atoms with Gasteiger partial charge in [0.1, 0.15) is 6.04 Å². The summed E-state index contributed by atoms with van der Waals surface area (Å²) in [4.78, 5) is 28.1. The van der Waals surface area contributed by atoms with Crippen LogP contribution in [0.5, 0.6) is 11.5 Å². The monoisotopic (exact) mass is 454 g/mol. The average molecular weight is 455 g/mol. The van der Waals surface area contributed by atoms with Crippen LogP contribution in [0.2, 0.25) is 0 Å². The molecule has 0 aliphatic heterocycles. The number of hydrogen-bond acceptors (Lipinski definition) is 4. The number of amides is 2. The number of benzene rings is 2. The van der Waals surface area contributed by atoms with Crippen LogP contribution in [-0.4, -0.2) is 43.5 Å². The zero-order valence-corrected chi connectivity index (χ0v) is 20.8. The summed E-state index contributed by atoms with van der Waals surface area (Å²) in [5.41, 5.74) is 3.13. The Kier molecular flexibility index (Phi) is 10.2. The number of methoxy groups -OCH3 is 2. The lowest BCUT2D eigenvalue weighted by molar-refractivity contribution is -0.141. The van der Waals surface area contributed by atoms with Crippen LogP contribution < -0.4 is 14.8 Å². The van der Waals surface area contributed by atoms with E-state index in [2.05, 4.69) is 25.2 Å². The largest absolute Gasteiger partial charge is 0.493 e. The van der Waals surface area contributed by atoms with Crippen LogP contribution in [0, 0.1) is 12.8 Å². The third-order valence-corrected chi connectivity index (χ3v) is 5.58. The Morgan fingerprint density at radius 3 is 2.33 bits per heavy atom. The van der Waals surface area contributed by atoms with Gasteiger partial charge >= 0.3 is 0 Å². The van der Waals surface area contributed by atoms with Crippen molar-refractivity contribution in [3.8, 4) is 11.5 Å². The van der Waals surface area contributed by atoms with Gasteiger partial charge in [0.15, 0.2) is 11.5 Å². The summed E-state index contributed by atoms with van der Waals surface area (Å²) < 4.78 is 10.7. The lowest BCUT2D eigenvalue weighted by Crippen LogP contribution is -2.49. The number of nitrogens with zero attached hydrogens (tertiary/aromatic N) is 1. The van der Waals surface area contributed by atoms with Gasteiger partial charge in [0.05, 0.1) is 14.2 Å². The highest BCUT2D eigenvalue weighted by Crippen LogP contribution is 2.28. The zero-order valence-electron chi connectivity index (χ0n) is 20.8. The Labute approximate surface area is 198 Å². The number of carbonyl (C=O) groups is 2.